The molecule has 4 rings (SSSR count). The third-order valence-corrected chi connectivity index (χ3v) is 6.82. The average molecular weight is 553 g/mol. The number of nitrogens with zero attached hydrogens (tertiary/aromatic N) is 1. The SMILES string of the molecule is COC1CC(NC(=O)c2ccc(C3=NO[C@](c4cc(C(F)(F)F)cc(Cl)c4F)(C(F)(F)F)C3)cc2C)C1. The standard InChI is InChI=1S/C24H20ClF7N2O3/c1-11-5-12(3-4-16(11)21(35)33-14-8-15(9-14)36-2)19-10-22(37-34-19,24(30,31)32)17-6-13(23(27,28)29)7-18(25)20(17)26/h3-7,14-15H,8-10H2,1-2H3,(H,33,35)/t14?,15?,22-/m1/s1. The summed E-state index contributed by atoms with van der Waals surface area (Å²) in [7, 11) is 1.57. The fourth-order valence-corrected chi connectivity index (χ4v) is 4.54. The fourth-order valence-electron chi connectivity index (χ4n) is 4.32. The maximum Gasteiger partial charge on any atom is 0.435 e. The summed E-state index contributed by atoms with van der Waals surface area (Å²) >= 11 is 5.52. The Morgan fingerprint density at radius 2 is 1.84 bits per heavy atom. The highest BCUT2D eigenvalue weighted by atomic mass is 35.5. The molecule has 1 aliphatic heterocycles. The van der Waals surface area contributed by atoms with Gasteiger partial charge in [0.1, 0.15) is 5.82 Å². The van der Waals surface area contributed by atoms with E-state index in [1.165, 1.54) is 18.2 Å². The summed E-state index contributed by atoms with van der Waals surface area (Å²) in [6, 6.07) is 4.30. The van der Waals surface area contributed by atoms with Crippen LogP contribution in [0.15, 0.2) is 35.5 Å². The summed E-state index contributed by atoms with van der Waals surface area (Å²) in [6.07, 6.45) is -10.2. The van der Waals surface area contributed by atoms with E-state index in [0.29, 0.717) is 18.4 Å². The van der Waals surface area contributed by atoms with Crippen molar-refractivity contribution in [3.05, 3.63) is 69.0 Å². The average Bonchev–Trinajstić information content (AvgIpc) is 3.23. The second-order valence-corrected chi connectivity index (χ2v) is 9.38. The Balaban J connectivity index is 1.62. The van der Waals surface area contributed by atoms with Crippen LogP contribution in [-0.2, 0) is 21.4 Å². The van der Waals surface area contributed by atoms with Crippen molar-refractivity contribution in [3.63, 3.8) is 0 Å². The molecule has 200 valence electrons. The molecule has 2 aromatic carbocycles. The van der Waals surface area contributed by atoms with Crippen molar-refractivity contribution in [2.75, 3.05) is 7.11 Å². The zero-order valence-corrected chi connectivity index (χ0v) is 20.1. The molecule has 1 amide bonds. The zero-order chi connectivity index (χ0) is 27.3. The molecule has 1 fully saturated rings. The predicted molar refractivity (Wildman–Crippen MR) is 119 cm³/mol. The molecule has 0 radical (unpaired) electrons. The van der Waals surface area contributed by atoms with Gasteiger partial charge < -0.3 is 14.9 Å². The van der Waals surface area contributed by atoms with Gasteiger partial charge in [-0.15, -0.1) is 0 Å². The first kappa shape index (κ1) is 27.2. The lowest BCUT2D eigenvalue weighted by Gasteiger charge is -2.34. The molecule has 0 bridgehead atoms. The van der Waals surface area contributed by atoms with Gasteiger partial charge in [-0.3, -0.25) is 4.79 Å². The Kier molecular flexibility index (Phi) is 6.95. The highest BCUT2D eigenvalue weighted by Gasteiger charge is 2.64. The molecule has 0 unspecified atom stereocenters. The van der Waals surface area contributed by atoms with Crippen molar-refractivity contribution in [2.24, 2.45) is 5.16 Å². The first-order chi connectivity index (χ1) is 17.2. The van der Waals surface area contributed by atoms with E-state index in [0.717, 1.165) is 0 Å². The number of methoxy groups -OCH3 is 1. The molecule has 37 heavy (non-hydrogen) atoms. The lowest BCUT2D eigenvalue weighted by molar-refractivity contribution is -0.276. The molecule has 1 atom stereocenters. The number of carbonyl (C=O) groups excluding carboxylic acids is 1. The topological polar surface area (TPSA) is 59.9 Å². The van der Waals surface area contributed by atoms with Gasteiger partial charge in [0.25, 0.3) is 11.5 Å². The van der Waals surface area contributed by atoms with E-state index >= 15 is 0 Å². The fraction of sp³-hybridized carbons (Fsp3) is 0.417. The molecule has 0 saturated heterocycles. The van der Waals surface area contributed by atoms with Crippen molar-refractivity contribution in [1.29, 1.82) is 0 Å². The summed E-state index contributed by atoms with van der Waals surface area (Å²) in [5, 5.41) is 5.16. The number of aryl methyl sites for hydroxylation is 1. The van der Waals surface area contributed by atoms with E-state index in [1.54, 1.807) is 14.0 Å². The first-order valence-electron chi connectivity index (χ1n) is 11.0. The molecule has 1 aliphatic carbocycles. The predicted octanol–water partition coefficient (Wildman–Crippen LogP) is 6.30. The normalized spacial score (nSPS) is 23.8. The van der Waals surface area contributed by atoms with Gasteiger partial charge in [0.05, 0.1) is 28.8 Å². The first-order valence-corrected chi connectivity index (χ1v) is 11.4. The van der Waals surface area contributed by atoms with Crippen LogP contribution in [0.4, 0.5) is 30.7 Å². The molecule has 1 N–H and O–H groups in total. The summed E-state index contributed by atoms with van der Waals surface area (Å²) < 4.78 is 102. The van der Waals surface area contributed by atoms with Crippen molar-refractivity contribution in [2.45, 2.75) is 56.3 Å². The van der Waals surface area contributed by atoms with Crippen LogP contribution in [0.1, 0.15) is 51.9 Å². The molecule has 2 aliphatic rings. The maximum atomic E-state index is 14.7. The number of carbonyl (C=O) groups is 1. The third-order valence-electron chi connectivity index (χ3n) is 6.54. The lowest BCUT2D eigenvalue weighted by Crippen LogP contribution is -2.47. The van der Waals surface area contributed by atoms with Crippen LogP contribution >= 0.6 is 11.6 Å². The smallest absolute Gasteiger partial charge is 0.381 e. The number of hydrogen-bond acceptors (Lipinski definition) is 4. The Morgan fingerprint density at radius 1 is 1.16 bits per heavy atom. The zero-order valence-electron chi connectivity index (χ0n) is 19.4. The highest BCUT2D eigenvalue weighted by molar-refractivity contribution is 6.30. The Hall–Kier alpha value is -2.86. The van der Waals surface area contributed by atoms with Gasteiger partial charge in [-0.05, 0) is 55.2 Å². The quantitative estimate of drug-likeness (QED) is 0.443. The minimum atomic E-state index is -5.36. The van der Waals surface area contributed by atoms with Gasteiger partial charge >= 0.3 is 12.4 Å². The monoisotopic (exact) mass is 552 g/mol. The van der Waals surface area contributed by atoms with Crippen LogP contribution in [0.5, 0.6) is 0 Å². The number of oxime groups is 1. The van der Waals surface area contributed by atoms with Crippen LogP contribution in [-0.4, -0.2) is 37.1 Å². The van der Waals surface area contributed by atoms with Gasteiger partial charge in [-0.1, -0.05) is 22.8 Å². The highest BCUT2D eigenvalue weighted by Crippen LogP contribution is 2.51. The van der Waals surface area contributed by atoms with Crippen LogP contribution in [0, 0.1) is 12.7 Å². The summed E-state index contributed by atoms with van der Waals surface area (Å²) in [5.41, 5.74) is -6.00. The van der Waals surface area contributed by atoms with Gasteiger partial charge in [0.15, 0.2) is 0 Å². The van der Waals surface area contributed by atoms with Crippen LogP contribution in [0.25, 0.3) is 0 Å². The van der Waals surface area contributed by atoms with Gasteiger partial charge in [0.2, 0.25) is 0 Å². The second-order valence-electron chi connectivity index (χ2n) is 8.98. The number of ether oxygens (including phenoxy) is 1. The molecule has 13 heteroatoms. The second kappa shape index (κ2) is 9.46. The van der Waals surface area contributed by atoms with E-state index in [4.69, 9.17) is 16.3 Å². The van der Waals surface area contributed by atoms with Crippen molar-refractivity contribution in [1.82, 2.24) is 5.32 Å². The Labute approximate surface area is 211 Å². The van der Waals surface area contributed by atoms with Gasteiger partial charge in [-0.25, -0.2) is 4.39 Å². The Bertz CT molecular complexity index is 1260. The molecule has 1 heterocycles. The summed E-state index contributed by atoms with van der Waals surface area (Å²) in [6.45, 7) is 1.57. The molecule has 0 spiro atoms. The lowest BCUT2D eigenvalue weighted by atomic mass is 9.85. The number of halogens is 8. The molecular formula is C24H20ClF7N2O3. The Morgan fingerprint density at radius 3 is 2.41 bits per heavy atom. The van der Waals surface area contributed by atoms with Gasteiger partial charge in [-0.2, -0.15) is 26.3 Å². The molecule has 0 aromatic heterocycles. The number of alkyl halides is 6. The van der Waals surface area contributed by atoms with Crippen LogP contribution in [0.2, 0.25) is 5.02 Å². The molecule has 5 nitrogen and oxygen atoms in total. The van der Waals surface area contributed by atoms with Crippen LogP contribution in [0.3, 0.4) is 0 Å². The molecular weight excluding hydrogens is 533 g/mol. The molecule has 2 aromatic rings. The minimum absolute atomic E-state index is 0.0282. The van der Waals surface area contributed by atoms with Crippen molar-refractivity contribution < 1.29 is 45.1 Å². The van der Waals surface area contributed by atoms with E-state index in [2.05, 4.69) is 15.3 Å². The largest absolute Gasteiger partial charge is 0.435 e. The van der Waals surface area contributed by atoms with E-state index in [9.17, 15) is 35.5 Å². The van der Waals surface area contributed by atoms with Crippen LogP contribution < -0.4 is 5.32 Å². The van der Waals surface area contributed by atoms with Crippen molar-refractivity contribution in [3.8, 4) is 0 Å². The maximum absolute atomic E-state index is 14.7. The van der Waals surface area contributed by atoms with E-state index in [1.807, 2.05) is 0 Å². The number of rotatable bonds is 5. The summed E-state index contributed by atoms with van der Waals surface area (Å²) in [5.74, 6) is -2.07. The number of nitrogens with one attached hydrogen (secondary N) is 1. The van der Waals surface area contributed by atoms with E-state index < -0.39 is 46.3 Å². The number of amides is 1. The third kappa shape index (κ3) is 5.00. The minimum Gasteiger partial charge on any atom is -0.381 e. The van der Waals surface area contributed by atoms with Crippen molar-refractivity contribution >= 4 is 23.2 Å². The summed E-state index contributed by atoms with van der Waals surface area (Å²) in [4.78, 5) is 17.3. The van der Waals surface area contributed by atoms with Gasteiger partial charge in [0, 0.05) is 24.3 Å². The molecule has 1 saturated carbocycles. The number of hydrogen-bond donors (Lipinski definition) is 1. The number of benzene rings is 2. The van der Waals surface area contributed by atoms with E-state index in [-0.39, 0.29) is 47.0 Å².